The molecule has 0 nitrogen and oxygen atoms in total. The van der Waals surface area contributed by atoms with Crippen LogP contribution >= 0.6 is 0 Å². The summed E-state index contributed by atoms with van der Waals surface area (Å²) in [5.74, 6) is 0.623. The van der Waals surface area contributed by atoms with Gasteiger partial charge in [0.1, 0.15) is 0 Å². The van der Waals surface area contributed by atoms with Crippen LogP contribution in [-0.4, -0.2) is 6.98 Å². The van der Waals surface area contributed by atoms with Crippen molar-refractivity contribution in [2.45, 2.75) is 32.1 Å². The summed E-state index contributed by atoms with van der Waals surface area (Å²) in [6.45, 7) is -4.71. The molecule has 0 bridgehead atoms. The number of allylic oxidation sites excluding steroid dienone is 1. The summed E-state index contributed by atoms with van der Waals surface area (Å²) < 4.78 is 35.4. The molecular weight excluding hydrogens is 203 g/mol. The Morgan fingerprint density at radius 3 is 2.00 bits per heavy atom. The average Bonchev–Trinajstić information content (AvgIpc) is 2.02. The van der Waals surface area contributed by atoms with Crippen molar-refractivity contribution in [1.82, 2.24) is 0 Å². The first-order valence-electron chi connectivity index (χ1n) is 4.47. The molecule has 1 saturated carbocycles. The van der Waals surface area contributed by atoms with Gasteiger partial charge >= 0.3 is 58.4 Å². The zero-order chi connectivity index (χ0) is 9.03. The Labute approximate surface area is 120 Å². The molecule has 0 unspecified atom stereocenters. The molecule has 0 radical (unpaired) electrons. The second-order valence-electron chi connectivity index (χ2n) is 3.41. The van der Waals surface area contributed by atoms with E-state index in [1.54, 1.807) is 0 Å². The second kappa shape index (κ2) is 6.67. The van der Waals surface area contributed by atoms with E-state index in [-0.39, 0.29) is 57.3 Å². The van der Waals surface area contributed by atoms with Crippen LogP contribution in [0.1, 0.15) is 32.1 Å². The van der Waals surface area contributed by atoms with E-state index < -0.39 is 6.98 Å². The summed E-state index contributed by atoms with van der Waals surface area (Å²) in [5, 5.41) is 0. The van der Waals surface area contributed by atoms with Gasteiger partial charge in [-0.15, -0.1) is 12.1 Å². The fourth-order valence-electron chi connectivity index (χ4n) is 1.61. The van der Waals surface area contributed by atoms with Gasteiger partial charge in [0.25, 0.3) is 0 Å². The predicted molar refractivity (Wildman–Crippen MR) is 44.8 cm³/mol. The van der Waals surface area contributed by atoms with Crippen molar-refractivity contribution in [3.63, 3.8) is 0 Å². The first-order valence-corrected chi connectivity index (χ1v) is 4.47. The number of hydrogen-bond acceptors (Lipinski definition) is 0. The summed E-state index contributed by atoms with van der Waals surface area (Å²) in [6, 6.07) is 0. The minimum Gasteiger partial charge on any atom is -0.445 e. The average molecular weight is 216 g/mol. The fourth-order valence-corrected chi connectivity index (χ4v) is 1.61. The Kier molecular flexibility index (Phi) is 7.30. The van der Waals surface area contributed by atoms with Gasteiger partial charge in [-0.3, -0.25) is 0 Å². The van der Waals surface area contributed by atoms with Crippen LogP contribution < -0.4 is 51.4 Å². The van der Waals surface area contributed by atoms with E-state index in [4.69, 9.17) is 0 Å². The van der Waals surface area contributed by atoms with E-state index >= 15 is 0 Å². The van der Waals surface area contributed by atoms with E-state index in [0.717, 1.165) is 25.7 Å². The molecule has 0 spiro atoms. The molecule has 0 aromatic heterocycles. The monoisotopic (exact) mass is 216 g/mol. The van der Waals surface area contributed by atoms with Gasteiger partial charge in [0.2, 0.25) is 0 Å². The van der Waals surface area contributed by atoms with E-state index in [9.17, 15) is 12.9 Å². The molecule has 0 amide bonds. The molecule has 13 heavy (non-hydrogen) atoms. The second-order valence-corrected chi connectivity index (χ2v) is 3.41. The summed E-state index contributed by atoms with van der Waals surface area (Å²) >= 11 is 0. The topological polar surface area (TPSA) is 0 Å². The van der Waals surface area contributed by atoms with Crippen molar-refractivity contribution in [3.05, 3.63) is 12.1 Å². The van der Waals surface area contributed by atoms with Gasteiger partial charge in [-0.1, -0.05) is 19.3 Å². The maximum absolute atomic E-state index is 11.8. The maximum atomic E-state index is 11.8. The Morgan fingerprint density at radius 2 is 1.54 bits per heavy atom. The standard InChI is InChI=1S/C8H13BF3.K/c10-9(11,12)7-6-8-4-2-1-3-5-8;/h6-8H,1-5H2;/q-1;+1. The van der Waals surface area contributed by atoms with Gasteiger partial charge in [0.05, 0.1) is 0 Å². The third-order valence-electron chi connectivity index (χ3n) is 2.25. The molecule has 0 aromatic rings. The van der Waals surface area contributed by atoms with Gasteiger partial charge in [0, 0.05) is 0 Å². The van der Waals surface area contributed by atoms with Crippen molar-refractivity contribution in [2.75, 3.05) is 0 Å². The summed E-state index contributed by atoms with van der Waals surface area (Å²) in [5.41, 5.74) is 0. The zero-order valence-corrected chi connectivity index (χ0v) is 11.1. The van der Waals surface area contributed by atoms with Gasteiger partial charge in [-0.05, 0) is 18.8 Å². The molecule has 70 valence electrons. The van der Waals surface area contributed by atoms with Crippen LogP contribution in [0, 0.1) is 5.92 Å². The van der Waals surface area contributed by atoms with E-state index in [1.165, 1.54) is 12.5 Å². The molecule has 5 heteroatoms. The Morgan fingerprint density at radius 1 is 1.00 bits per heavy atom. The Balaban J connectivity index is 0.00000144. The van der Waals surface area contributed by atoms with Gasteiger partial charge in [-0.25, -0.2) is 0 Å². The van der Waals surface area contributed by atoms with Gasteiger partial charge in [-0.2, -0.15) is 0 Å². The number of hydrogen-bond donors (Lipinski definition) is 0. The molecule has 1 rings (SSSR count). The quantitative estimate of drug-likeness (QED) is 0.590. The Bertz CT molecular complexity index is 161. The van der Waals surface area contributed by atoms with Crippen LogP contribution in [0.2, 0.25) is 0 Å². The number of rotatable bonds is 2. The SMILES string of the molecule is F[B-](F)(F)C=CC1CCCCC1.[K+]. The van der Waals surface area contributed by atoms with Crippen LogP contribution in [0.4, 0.5) is 12.9 Å². The molecule has 1 aliphatic carbocycles. The summed E-state index contributed by atoms with van der Waals surface area (Å²) in [6.07, 6.45) is 6.56. The smallest absolute Gasteiger partial charge is 0.445 e. The van der Waals surface area contributed by atoms with Gasteiger partial charge < -0.3 is 12.9 Å². The molecule has 0 saturated heterocycles. The van der Waals surface area contributed by atoms with Crippen molar-refractivity contribution in [2.24, 2.45) is 5.92 Å². The minimum absolute atomic E-state index is 0. The first kappa shape index (κ1) is 14.2. The van der Waals surface area contributed by atoms with Crippen molar-refractivity contribution in [3.8, 4) is 0 Å². The third-order valence-corrected chi connectivity index (χ3v) is 2.25. The largest absolute Gasteiger partial charge is 1.00 e. The van der Waals surface area contributed by atoms with E-state index in [1.807, 2.05) is 0 Å². The molecule has 0 atom stereocenters. The molecule has 1 aliphatic rings. The molecule has 1 fully saturated rings. The van der Waals surface area contributed by atoms with Crippen LogP contribution in [0.5, 0.6) is 0 Å². The minimum atomic E-state index is -4.71. The van der Waals surface area contributed by atoms with Crippen molar-refractivity contribution >= 4 is 6.98 Å². The van der Waals surface area contributed by atoms with E-state index in [0.29, 0.717) is 5.98 Å². The molecule has 0 aromatic carbocycles. The van der Waals surface area contributed by atoms with Crippen molar-refractivity contribution in [1.29, 1.82) is 0 Å². The number of halogens is 3. The first-order chi connectivity index (χ1) is 5.58. The maximum Gasteiger partial charge on any atom is 1.00 e. The van der Waals surface area contributed by atoms with Crippen LogP contribution in [0.3, 0.4) is 0 Å². The summed E-state index contributed by atoms with van der Waals surface area (Å²) in [7, 11) is 0. The van der Waals surface area contributed by atoms with Crippen molar-refractivity contribution < 1.29 is 64.3 Å². The third kappa shape index (κ3) is 7.19. The van der Waals surface area contributed by atoms with Crippen LogP contribution in [-0.2, 0) is 0 Å². The molecule has 0 aliphatic heterocycles. The molecular formula is C8H13BF3K. The molecule has 0 N–H and O–H groups in total. The predicted octanol–water partition coefficient (Wildman–Crippen LogP) is 0.513. The zero-order valence-electron chi connectivity index (χ0n) is 7.98. The van der Waals surface area contributed by atoms with Gasteiger partial charge in [0.15, 0.2) is 0 Å². The Hall–Kier alpha value is 1.23. The fraction of sp³-hybridized carbons (Fsp3) is 0.750. The molecule has 0 heterocycles. The van der Waals surface area contributed by atoms with E-state index in [2.05, 4.69) is 0 Å². The van der Waals surface area contributed by atoms with Crippen LogP contribution in [0.25, 0.3) is 0 Å². The normalized spacial score (nSPS) is 20.2. The summed E-state index contributed by atoms with van der Waals surface area (Å²) in [4.78, 5) is 0. The van der Waals surface area contributed by atoms with Crippen LogP contribution in [0.15, 0.2) is 12.1 Å².